The molecule has 0 spiro atoms. The lowest BCUT2D eigenvalue weighted by atomic mass is 10.0. The number of carbonyl (C=O) groups excluding carboxylic acids is 3. The van der Waals surface area contributed by atoms with Gasteiger partial charge in [-0.2, -0.15) is 0 Å². The van der Waals surface area contributed by atoms with Crippen molar-refractivity contribution in [3.8, 4) is 11.5 Å². The van der Waals surface area contributed by atoms with Gasteiger partial charge in [-0.1, -0.05) is 0 Å². The molecule has 0 aromatic heterocycles. The summed E-state index contributed by atoms with van der Waals surface area (Å²) in [6, 6.07) is 4.06. The smallest absolute Gasteiger partial charge is 0.413 e. The molecule has 1 fully saturated rings. The van der Waals surface area contributed by atoms with E-state index in [0.29, 0.717) is 43.1 Å². The SMILES string of the molecule is CC(C(=O)c1ccc2c(c1)OCO2)N(C)C(=O)OCOC(=O)C1CCOCC1. The molecule has 3 rings (SSSR count). The number of rotatable bonds is 6. The lowest BCUT2D eigenvalue weighted by Gasteiger charge is -2.24. The molecule has 9 nitrogen and oxygen atoms in total. The molecule has 1 aromatic carbocycles. The van der Waals surface area contributed by atoms with Gasteiger partial charge >= 0.3 is 12.1 Å². The Morgan fingerprint density at radius 1 is 1.14 bits per heavy atom. The molecule has 0 saturated carbocycles. The van der Waals surface area contributed by atoms with Crippen molar-refractivity contribution in [1.82, 2.24) is 4.90 Å². The van der Waals surface area contributed by atoms with Crippen LogP contribution < -0.4 is 9.47 Å². The fourth-order valence-corrected chi connectivity index (χ4v) is 2.92. The number of ketones is 1. The Labute approximate surface area is 162 Å². The predicted octanol–water partition coefficient (Wildman–Crippen LogP) is 1.98. The highest BCUT2D eigenvalue weighted by molar-refractivity contribution is 6.01. The molecule has 0 N–H and O–H groups in total. The molecule has 2 aliphatic rings. The third-order valence-corrected chi connectivity index (χ3v) is 4.84. The molecule has 1 amide bonds. The molecular weight excluding hydrogens is 370 g/mol. The molecule has 9 heteroatoms. The number of nitrogens with zero attached hydrogens (tertiary/aromatic N) is 1. The van der Waals surface area contributed by atoms with Crippen molar-refractivity contribution in [2.24, 2.45) is 5.92 Å². The van der Waals surface area contributed by atoms with Gasteiger partial charge in [-0.05, 0) is 38.0 Å². The van der Waals surface area contributed by atoms with Crippen molar-refractivity contribution >= 4 is 17.8 Å². The van der Waals surface area contributed by atoms with Crippen LogP contribution in [0.1, 0.15) is 30.1 Å². The van der Waals surface area contributed by atoms with E-state index in [4.69, 9.17) is 23.7 Å². The molecule has 0 bridgehead atoms. The van der Waals surface area contributed by atoms with E-state index in [1.54, 1.807) is 25.1 Å². The van der Waals surface area contributed by atoms with Crippen LogP contribution in [0.3, 0.4) is 0 Å². The van der Waals surface area contributed by atoms with Crippen molar-refractivity contribution in [2.45, 2.75) is 25.8 Å². The highest BCUT2D eigenvalue weighted by Gasteiger charge is 2.27. The summed E-state index contributed by atoms with van der Waals surface area (Å²) in [6.07, 6.45) is 0.419. The molecule has 1 unspecified atom stereocenters. The van der Waals surface area contributed by atoms with Crippen LogP contribution in [0.4, 0.5) is 4.79 Å². The molecule has 28 heavy (non-hydrogen) atoms. The first-order valence-electron chi connectivity index (χ1n) is 9.05. The maximum Gasteiger partial charge on any atom is 0.413 e. The third-order valence-electron chi connectivity index (χ3n) is 4.84. The quantitative estimate of drug-likeness (QED) is 0.411. The molecule has 1 atom stereocenters. The molecule has 0 aliphatic carbocycles. The maximum absolute atomic E-state index is 12.6. The molecule has 1 aromatic rings. The lowest BCUT2D eigenvalue weighted by molar-refractivity contribution is -0.160. The minimum Gasteiger partial charge on any atom is -0.454 e. The van der Waals surface area contributed by atoms with Gasteiger partial charge in [-0.3, -0.25) is 9.59 Å². The second kappa shape index (κ2) is 8.92. The number of amides is 1. The van der Waals surface area contributed by atoms with Crippen molar-refractivity contribution in [3.63, 3.8) is 0 Å². The molecule has 2 aliphatic heterocycles. The predicted molar refractivity (Wildman–Crippen MR) is 95.1 cm³/mol. The summed E-state index contributed by atoms with van der Waals surface area (Å²) in [5, 5.41) is 0. The van der Waals surface area contributed by atoms with Crippen LogP contribution >= 0.6 is 0 Å². The Morgan fingerprint density at radius 2 is 1.86 bits per heavy atom. The second-order valence-electron chi connectivity index (χ2n) is 6.60. The van der Waals surface area contributed by atoms with Crippen LogP contribution in [-0.4, -0.2) is 62.6 Å². The van der Waals surface area contributed by atoms with Crippen LogP contribution in [0.15, 0.2) is 18.2 Å². The Balaban J connectivity index is 1.48. The minimum atomic E-state index is -0.779. The zero-order valence-electron chi connectivity index (χ0n) is 15.8. The highest BCUT2D eigenvalue weighted by atomic mass is 16.7. The van der Waals surface area contributed by atoms with Crippen molar-refractivity contribution in [1.29, 1.82) is 0 Å². The number of esters is 1. The first-order chi connectivity index (χ1) is 13.5. The number of likely N-dealkylation sites (N-methyl/N-ethyl adjacent to an activating group) is 1. The molecule has 1 saturated heterocycles. The van der Waals surface area contributed by atoms with Gasteiger partial charge in [0.15, 0.2) is 17.3 Å². The zero-order valence-corrected chi connectivity index (χ0v) is 15.8. The van der Waals surface area contributed by atoms with Crippen molar-refractivity contribution < 1.29 is 38.1 Å². The maximum atomic E-state index is 12.6. The number of carbonyl (C=O) groups is 3. The van der Waals surface area contributed by atoms with E-state index in [1.165, 1.54) is 7.05 Å². The number of hydrogen-bond donors (Lipinski definition) is 0. The van der Waals surface area contributed by atoms with E-state index in [-0.39, 0.29) is 18.5 Å². The van der Waals surface area contributed by atoms with Crippen molar-refractivity contribution in [3.05, 3.63) is 23.8 Å². The van der Waals surface area contributed by atoms with Gasteiger partial charge in [0.25, 0.3) is 0 Å². The van der Waals surface area contributed by atoms with Crippen LogP contribution in [0, 0.1) is 5.92 Å². The number of fused-ring (bicyclic) bond motifs is 1. The summed E-state index contributed by atoms with van der Waals surface area (Å²) in [6.45, 7) is 2.23. The molecular formula is C19H23NO8. The second-order valence-corrected chi connectivity index (χ2v) is 6.60. The van der Waals surface area contributed by atoms with Crippen molar-refractivity contribution in [2.75, 3.05) is 33.8 Å². The Morgan fingerprint density at radius 3 is 2.61 bits per heavy atom. The summed E-state index contributed by atoms with van der Waals surface area (Å²) >= 11 is 0. The summed E-state index contributed by atoms with van der Waals surface area (Å²) in [5.41, 5.74) is 0.391. The van der Waals surface area contributed by atoms with E-state index >= 15 is 0 Å². The highest BCUT2D eigenvalue weighted by Crippen LogP contribution is 2.33. The Hall–Kier alpha value is -2.81. The number of benzene rings is 1. The van der Waals surface area contributed by atoms with Gasteiger partial charge in [0.2, 0.25) is 13.6 Å². The summed E-state index contributed by atoms with van der Waals surface area (Å²) < 4.78 is 25.6. The summed E-state index contributed by atoms with van der Waals surface area (Å²) in [4.78, 5) is 37.9. The average molecular weight is 393 g/mol. The van der Waals surface area contributed by atoms with Gasteiger partial charge in [0.05, 0.1) is 12.0 Å². The third kappa shape index (κ3) is 4.53. The van der Waals surface area contributed by atoms with Gasteiger partial charge < -0.3 is 28.6 Å². The lowest BCUT2D eigenvalue weighted by Crippen LogP contribution is -2.41. The standard InChI is InChI=1S/C19H23NO8/c1-12(17(21)14-3-4-15-16(9-14)26-10-25-15)20(2)19(23)28-11-27-18(22)13-5-7-24-8-6-13/h3-4,9,12-13H,5-8,10-11H2,1-2H3. The molecule has 0 radical (unpaired) electrons. The van der Waals surface area contributed by atoms with Gasteiger partial charge in [0.1, 0.15) is 0 Å². The van der Waals surface area contributed by atoms with Crippen LogP contribution in [0.5, 0.6) is 11.5 Å². The molecule has 152 valence electrons. The van der Waals surface area contributed by atoms with Crippen LogP contribution in [0.25, 0.3) is 0 Å². The monoisotopic (exact) mass is 393 g/mol. The molecule has 2 heterocycles. The van der Waals surface area contributed by atoms with Crippen LogP contribution in [-0.2, 0) is 19.0 Å². The Kier molecular flexibility index (Phi) is 6.35. The minimum absolute atomic E-state index is 0.112. The van der Waals surface area contributed by atoms with Gasteiger partial charge in [-0.15, -0.1) is 0 Å². The fourth-order valence-electron chi connectivity index (χ4n) is 2.92. The first-order valence-corrected chi connectivity index (χ1v) is 9.05. The summed E-state index contributed by atoms with van der Waals surface area (Å²) in [7, 11) is 1.44. The number of hydrogen-bond acceptors (Lipinski definition) is 8. The zero-order chi connectivity index (χ0) is 20.1. The fraction of sp³-hybridized carbons (Fsp3) is 0.526. The van der Waals surface area contributed by atoms with Crippen LogP contribution in [0.2, 0.25) is 0 Å². The average Bonchev–Trinajstić information content (AvgIpc) is 3.20. The normalized spacial score (nSPS) is 16.9. The largest absolute Gasteiger partial charge is 0.454 e. The van der Waals surface area contributed by atoms with E-state index in [2.05, 4.69) is 0 Å². The number of Topliss-reactive ketones (excluding diaryl/α,β-unsaturated/α-hetero) is 1. The van der Waals surface area contributed by atoms with E-state index in [9.17, 15) is 14.4 Å². The van der Waals surface area contributed by atoms with E-state index < -0.39 is 24.9 Å². The topological polar surface area (TPSA) is 101 Å². The Bertz CT molecular complexity index is 743. The van der Waals surface area contributed by atoms with E-state index in [1.807, 2.05) is 0 Å². The van der Waals surface area contributed by atoms with Gasteiger partial charge in [0, 0.05) is 25.8 Å². The number of ether oxygens (including phenoxy) is 5. The first kappa shape index (κ1) is 19.9. The van der Waals surface area contributed by atoms with Gasteiger partial charge in [-0.25, -0.2) is 4.79 Å². The van der Waals surface area contributed by atoms with E-state index in [0.717, 1.165) is 4.90 Å². The summed E-state index contributed by atoms with van der Waals surface area (Å²) in [5.74, 6) is 0.128.